The molecular weight excluding hydrogens is 380 g/mol. The molecule has 1 saturated heterocycles. The van der Waals surface area contributed by atoms with Gasteiger partial charge in [0.05, 0.1) is 12.2 Å². The van der Waals surface area contributed by atoms with E-state index < -0.39 is 11.6 Å². The Morgan fingerprint density at radius 1 is 1.29 bits per heavy atom. The van der Waals surface area contributed by atoms with Crippen molar-refractivity contribution in [2.45, 2.75) is 24.9 Å². The number of fused-ring (bicyclic) bond motifs is 3. The van der Waals surface area contributed by atoms with Crippen molar-refractivity contribution in [2.24, 2.45) is 0 Å². The van der Waals surface area contributed by atoms with E-state index in [1.54, 1.807) is 33.8 Å². The number of hydrogen-bond donors (Lipinski definition) is 1. The Bertz CT molecular complexity index is 1050. The number of carbonyl (C=O) groups excluding carboxylic acids is 1. The summed E-state index contributed by atoms with van der Waals surface area (Å²) >= 11 is 1.34. The van der Waals surface area contributed by atoms with Crippen LogP contribution < -0.4 is 0 Å². The van der Waals surface area contributed by atoms with Gasteiger partial charge in [0, 0.05) is 43.0 Å². The molecule has 1 N–H and O–H groups in total. The standard InChI is InChI=1S/C19H18N4O4S/c24-16(13-11-23-6-1-5-20-18(23)21-13)22-7-3-19(4-8-22)12-10-15(17(25)26)28-14(12)2-9-27-19/h1,5-6,10-11H,2-4,7-9H2,(H,25,26). The van der Waals surface area contributed by atoms with Gasteiger partial charge in [-0.05, 0) is 30.5 Å². The number of carboxylic acid groups (broad SMARTS) is 1. The third kappa shape index (κ3) is 2.70. The first-order valence-corrected chi connectivity index (χ1v) is 9.97. The van der Waals surface area contributed by atoms with Crippen LogP contribution >= 0.6 is 11.3 Å². The molecule has 5 heterocycles. The van der Waals surface area contributed by atoms with Gasteiger partial charge in [0.1, 0.15) is 10.6 Å². The Hall–Kier alpha value is -2.78. The zero-order chi connectivity index (χ0) is 19.3. The van der Waals surface area contributed by atoms with Gasteiger partial charge in [-0.2, -0.15) is 0 Å². The number of thiophene rings is 1. The molecule has 144 valence electrons. The fourth-order valence-electron chi connectivity index (χ4n) is 4.10. The van der Waals surface area contributed by atoms with Crippen LogP contribution in [0, 0.1) is 0 Å². The van der Waals surface area contributed by atoms with Crippen molar-refractivity contribution in [1.29, 1.82) is 0 Å². The highest BCUT2D eigenvalue weighted by Crippen LogP contribution is 2.44. The molecule has 0 saturated carbocycles. The van der Waals surface area contributed by atoms with E-state index in [0.717, 1.165) is 16.9 Å². The van der Waals surface area contributed by atoms with Crippen LogP contribution in [0.2, 0.25) is 0 Å². The van der Waals surface area contributed by atoms with Crippen molar-refractivity contribution in [1.82, 2.24) is 19.3 Å². The van der Waals surface area contributed by atoms with E-state index >= 15 is 0 Å². The number of hydrogen-bond acceptors (Lipinski definition) is 6. The molecule has 0 aliphatic carbocycles. The lowest BCUT2D eigenvalue weighted by molar-refractivity contribution is -0.0926. The molecule has 0 unspecified atom stereocenters. The lowest BCUT2D eigenvalue weighted by Crippen LogP contribution is -2.48. The maximum Gasteiger partial charge on any atom is 0.345 e. The summed E-state index contributed by atoms with van der Waals surface area (Å²) in [7, 11) is 0. The van der Waals surface area contributed by atoms with Crippen molar-refractivity contribution >= 4 is 29.0 Å². The Morgan fingerprint density at radius 2 is 2.11 bits per heavy atom. The minimum Gasteiger partial charge on any atom is -0.477 e. The summed E-state index contributed by atoms with van der Waals surface area (Å²) in [6.07, 6.45) is 7.19. The summed E-state index contributed by atoms with van der Waals surface area (Å²) in [6.45, 7) is 1.66. The van der Waals surface area contributed by atoms with Gasteiger partial charge >= 0.3 is 5.97 Å². The van der Waals surface area contributed by atoms with E-state index in [4.69, 9.17) is 4.74 Å². The lowest BCUT2D eigenvalue weighted by Gasteiger charge is -2.43. The van der Waals surface area contributed by atoms with Crippen molar-refractivity contribution in [3.63, 3.8) is 0 Å². The highest BCUT2D eigenvalue weighted by Gasteiger charge is 2.43. The molecule has 2 aliphatic heterocycles. The predicted molar refractivity (Wildman–Crippen MR) is 101 cm³/mol. The van der Waals surface area contributed by atoms with E-state index in [-0.39, 0.29) is 5.91 Å². The molecule has 2 aliphatic rings. The van der Waals surface area contributed by atoms with Crippen molar-refractivity contribution in [3.05, 3.63) is 51.7 Å². The first-order chi connectivity index (χ1) is 13.6. The quantitative estimate of drug-likeness (QED) is 0.711. The first-order valence-electron chi connectivity index (χ1n) is 9.15. The molecule has 0 atom stereocenters. The number of ether oxygens (including phenoxy) is 1. The molecule has 9 heteroatoms. The normalized spacial score (nSPS) is 18.4. The topological polar surface area (TPSA) is 97.0 Å². The second-order valence-electron chi connectivity index (χ2n) is 7.09. The predicted octanol–water partition coefficient (Wildman–Crippen LogP) is 2.19. The van der Waals surface area contributed by atoms with Crippen LogP contribution in [-0.2, 0) is 16.8 Å². The minimum absolute atomic E-state index is 0.118. The van der Waals surface area contributed by atoms with E-state index in [0.29, 0.717) is 48.9 Å². The lowest BCUT2D eigenvalue weighted by atomic mass is 9.82. The molecule has 0 bridgehead atoms. The van der Waals surface area contributed by atoms with Crippen LogP contribution in [0.25, 0.3) is 5.78 Å². The largest absolute Gasteiger partial charge is 0.477 e. The maximum atomic E-state index is 12.9. The zero-order valence-corrected chi connectivity index (χ0v) is 15.8. The Morgan fingerprint density at radius 3 is 2.86 bits per heavy atom. The second-order valence-corrected chi connectivity index (χ2v) is 8.23. The van der Waals surface area contributed by atoms with Crippen molar-refractivity contribution in [2.75, 3.05) is 19.7 Å². The maximum absolute atomic E-state index is 12.9. The average molecular weight is 398 g/mol. The zero-order valence-electron chi connectivity index (χ0n) is 15.0. The molecule has 0 aromatic carbocycles. The number of nitrogens with zero attached hydrogens (tertiary/aromatic N) is 4. The Kier molecular flexibility index (Phi) is 3.95. The number of aromatic nitrogens is 3. The van der Waals surface area contributed by atoms with Gasteiger partial charge in [0.15, 0.2) is 0 Å². The van der Waals surface area contributed by atoms with Gasteiger partial charge < -0.3 is 14.7 Å². The van der Waals surface area contributed by atoms with Gasteiger partial charge in [-0.1, -0.05) is 0 Å². The molecule has 3 aromatic rings. The van der Waals surface area contributed by atoms with E-state index in [1.165, 1.54) is 11.3 Å². The third-order valence-electron chi connectivity index (χ3n) is 5.53. The molecule has 1 spiro atoms. The fraction of sp³-hybridized carbons (Fsp3) is 0.368. The van der Waals surface area contributed by atoms with E-state index in [1.807, 2.05) is 6.20 Å². The van der Waals surface area contributed by atoms with Crippen molar-refractivity contribution in [3.8, 4) is 0 Å². The number of imidazole rings is 1. The van der Waals surface area contributed by atoms with Gasteiger partial charge in [-0.15, -0.1) is 11.3 Å². The number of carbonyl (C=O) groups is 2. The third-order valence-corrected chi connectivity index (χ3v) is 6.71. The monoisotopic (exact) mass is 398 g/mol. The van der Waals surface area contributed by atoms with Gasteiger partial charge in [0.25, 0.3) is 5.91 Å². The summed E-state index contributed by atoms with van der Waals surface area (Å²) in [4.78, 5) is 36.0. The summed E-state index contributed by atoms with van der Waals surface area (Å²) in [5.41, 5.74) is 0.878. The van der Waals surface area contributed by atoms with Crippen LogP contribution in [0.15, 0.2) is 30.7 Å². The summed E-state index contributed by atoms with van der Waals surface area (Å²) in [6, 6.07) is 3.55. The Balaban J connectivity index is 1.36. The molecular formula is C19H18N4O4S. The van der Waals surface area contributed by atoms with Gasteiger partial charge in [0.2, 0.25) is 5.78 Å². The first kappa shape index (κ1) is 17.3. The van der Waals surface area contributed by atoms with E-state index in [9.17, 15) is 14.7 Å². The number of likely N-dealkylation sites (tertiary alicyclic amines) is 1. The summed E-state index contributed by atoms with van der Waals surface area (Å²) < 4.78 is 7.88. The minimum atomic E-state index is -0.900. The molecule has 3 aromatic heterocycles. The average Bonchev–Trinajstić information content (AvgIpc) is 3.33. The van der Waals surface area contributed by atoms with Gasteiger partial charge in [-0.25, -0.2) is 14.8 Å². The molecule has 5 rings (SSSR count). The number of piperidine rings is 1. The van der Waals surface area contributed by atoms with Crippen LogP contribution in [0.4, 0.5) is 0 Å². The van der Waals surface area contributed by atoms with Crippen LogP contribution in [0.3, 0.4) is 0 Å². The van der Waals surface area contributed by atoms with E-state index in [2.05, 4.69) is 9.97 Å². The number of aromatic carboxylic acids is 1. The number of carboxylic acids is 1. The van der Waals surface area contributed by atoms with Crippen LogP contribution in [0.1, 0.15) is 43.4 Å². The molecule has 1 fully saturated rings. The summed E-state index contributed by atoms with van der Waals surface area (Å²) in [5.74, 6) is -0.519. The van der Waals surface area contributed by atoms with Crippen LogP contribution in [-0.4, -0.2) is 55.9 Å². The highest BCUT2D eigenvalue weighted by molar-refractivity contribution is 7.14. The SMILES string of the molecule is O=C(O)c1cc2c(s1)CCOC21CCN(C(=O)c2cn3cccnc3n2)CC1. The molecule has 0 radical (unpaired) electrons. The van der Waals surface area contributed by atoms with Gasteiger partial charge in [-0.3, -0.25) is 9.20 Å². The number of amides is 1. The Labute approximate surface area is 164 Å². The smallest absolute Gasteiger partial charge is 0.345 e. The van der Waals surface area contributed by atoms with Crippen LogP contribution in [0.5, 0.6) is 0 Å². The molecule has 1 amide bonds. The fourth-order valence-corrected chi connectivity index (χ4v) is 5.17. The summed E-state index contributed by atoms with van der Waals surface area (Å²) in [5, 5.41) is 9.32. The number of rotatable bonds is 2. The second kappa shape index (κ2) is 6.39. The molecule has 28 heavy (non-hydrogen) atoms. The highest BCUT2D eigenvalue weighted by atomic mass is 32.1. The van der Waals surface area contributed by atoms with Crippen molar-refractivity contribution < 1.29 is 19.4 Å². The molecule has 8 nitrogen and oxygen atoms in total.